The van der Waals surface area contributed by atoms with Crippen LogP contribution >= 0.6 is 24.8 Å². The van der Waals surface area contributed by atoms with Crippen molar-refractivity contribution in [1.82, 2.24) is 10.2 Å². The van der Waals surface area contributed by atoms with Crippen molar-refractivity contribution < 1.29 is 4.74 Å². The van der Waals surface area contributed by atoms with E-state index in [0.29, 0.717) is 12.0 Å². The van der Waals surface area contributed by atoms with Crippen molar-refractivity contribution in [1.29, 1.82) is 0 Å². The van der Waals surface area contributed by atoms with Gasteiger partial charge >= 0.3 is 0 Å². The topological polar surface area (TPSA) is 24.5 Å². The average Bonchev–Trinajstić information content (AvgIpc) is 2.62. The van der Waals surface area contributed by atoms with Gasteiger partial charge in [0.1, 0.15) is 5.75 Å². The third kappa shape index (κ3) is 5.01. The summed E-state index contributed by atoms with van der Waals surface area (Å²) in [6.07, 6.45) is 1.20. The van der Waals surface area contributed by atoms with Gasteiger partial charge in [-0.25, -0.2) is 0 Å². The maximum absolute atomic E-state index is 5.34. The molecule has 3 rings (SSSR count). The molecule has 0 spiro atoms. The van der Waals surface area contributed by atoms with Crippen LogP contribution in [-0.4, -0.2) is 38.2 Å². The van der Waals surface area contributed by atoms with Crippen LogP contribution < -0.4 is 10.1 Å². The van der Waals surface area contributed by atoms with E-state index in [4.69, 9.17) is 4.74 Å². The third-order valence-corrected chi connectivity index (χ3v) is 5.14. The Bertz CT molecular complexity index is 659. The summed E-state index contributed by atoms with van der Waals surface area (Å²) in [7, 11) is 1.72. The second-order valence-corrected chi connectivity index (χ2v) is 6.59. The number of rotatable bonds is 5. The Hall–Kier alpha value is -1.000. The largest absolute Gasteiger partial charge is 0.497 e. The van der Waals surface area contributed by atoms with Gasteiger partial charge in [-0.2, -0.15) is 0 Å². The van der Waals surface area contributed by atoms with Gasteiger partial charge in [0, 0.05) is 32.2 Å². The van der Waals surface area contributed by atoms with Crippen LogP contribution in [0.2, 0.25) is 0 Å². The summed E-state index contributed by atoms with van der Waals surface area (Å²) in [4.78, 5) is 2.65. The second-order valence-electron chi connectivity index (χ2n) is 6.59. The van der Waals surface area contributed by atoms with Gasteiger partial charge in [0.05, 0.1) is 7.11 Å². The van der Waals surface area contributed by atoms with Crippen LogP contribution in [0, 0.1) is 5.92 Å². The fraction of sp³-hybridized carbons (Fsp3) is 0.500. The number of piperazine rings is 1. The molecule has 25 heavy (non-hydrogen) atoms. The van der Waals surface area contributed by atoms with E-state index in [1.54, 1.807) is 7.11 Å². The molecule has 2 aromatic rings. The highest BCUT2D eigenvalue weighted by molar-refractivity contribution is 5.86. The van der Waals surface area contributed by atoms with Crippen molar-refractivity contribution >= 4 is 35.6 Å². The Morgan fingerprint density at radius 3 is 2.32 bits per heavy atom. The van der Waals surface area contributed by atoms with Gasteiger partial charge in [0.25, 0.3) is 0 Å². The van der Waals surface area contributed by atoms with Crippen molar-refractivity contribution in [2.75, 3.05) is 33.3 Å². The van der Waals surface area contributed by atoms with E-state index in [9.17, 15) is 0 Å². The van der Waals surface area contributed by atoms with Gasteiger partial charge in [-0.3, -0.25) is 4.90 Å². The number of fused-ring (bicyclic) bond motifs is 1. The van der Waals surface area contributed by atoms with Crippen molar-refractivity contribution in [3.63, 3.8) is 0 Å². The standard InChI is InChI=1S/C20H28N2O.2ClH/c1-4-15(2)20(22-11-9-21-10-12-22)18-6-5-17-14-19(23-3)8-7-16(17)13-18;;/h5-8,13-15,20-21H,4,9-12H2,1-3H3;2*1H/t15?,20-;;/m0../s1. The lowest BCUT2D eigenvalue weighted by Gasteiger charge is -2.38. The lowest BCUT2D eigenvalue weighted by Crippen LogP contribution is -2.46. The normalized spacial score (nSPS) is 17.2. The molecule has 2 aromatic carbocycles. The highest BCUT2D eigenvalue weighted by Gasteiger charge is 2.26. The number of ether oxygens (including phenoxy) is 1. The number of nitrogens with zero attached hydrogens (tertiary/aromatic N) is 1. The summed E-state index contributed by atoms with van der Waals surface area (Å²) in [5.41, 5.74) is 1.44. The summed E-state index contributed by atoms with van der Waals surface area (Å²) < 4.78 is 5.34. The Labute approximate surface area is 163 Å². The monoisotopic (exact) mass is 384 g/mol. The van der Waals surface area contributed by atoms with E-state index in [1.807, 2.05) is 0 Å². The van der Waals surface area contributed by atoms with Crippen LogP contribution in [-0.2, 0) is 0 Å². The van der Waals surface area contributed by atoms with Crippen LogP contribution in [0.15, 0.2) is 36.4 Å². The predicted molar refractivity (Wildman–Crippen MR) is 112 cm³/mol. The molecule has 0 saturated carbocycles. The quantitative estimate of drug-likeness (QED) is 0.809. The third-order valence-electron chi connectivity index (χ3n) is 5.14. The fourth-order valence-corrected chi connectivity index (χ4v) is 3.64. The SMILES string of the molecule is CCC(C)[C@@H](c1ccc2cc(OC)ccc2c1)N1CCNCC1.Cl.Cl. The van der Waals surface area contributed by atoms with E-state index < -0.39 is 0 Å². The van der Waals surface area contributed by atoms with Crippen LogP contribution in [0.1, 0.15) is 31.9 Å². The molecule has 0 aromatic heterocycles. The molecule has 0 aliphatic carbocycles. The molecule has 1 heterocycles. The van der Waals surface area contributed by atoms with E-state index in [1.165, 1.54) is 22.8 Å². The van der Waals surface area contributed by atoms with E-state index >= 15 is 0 Å². The van der Waals surface area contributed by atoms with Crippen LogP contribution in [0.3, 0.4) is 0 Å². The highest BCUT2D eigenvalue weighted by atomic mass is 35.5. The van der Waals surface area contributed by atoms with Gasteiger partial charge in [0.2, 0.25) is 0 Å². The first-order valence-electron chi connectivity index (χ1n) is 8.75. The fourth-order valence-electron chi connectivity index (χ4n) is 3.64. The molecule has 1 aliphatic heterocycles. The number of methoxy groups -OCH3 is 1. The first-order chi connectivity index (χ1) is 11.2. The lowest BCUT2D eigenvalue weighted by atomic mass is 9.89. The van der Waals surface area contributed by atoms with Gasteiger partial charge in [-0.05, 0) is 40.5 Å². The second kappa shape index (κ2) is 10.2. The Morgan fingerprint density at radius 2 is 1.68 bits per heavy atom. The van der Waals surface area contributed by atoms with Gasteiger partial charge in [-0.15, -0.1) is 24.8 Å². The summed E-state index contributed by atoms with van der Waals surface area (Å²) in [6, 6.07) is 13.8. The maximum atomic E-state index is 5.34. The van der Waals surface area contributed by atoms with Gasteiger partial charge in [-0.1, -0.05) is 38.5 Å². The van der Waals surface area contributed by atoms with Crippen molar-refractivity contribution in [2.45, 2.75) is 26.3 Å². The summed E-state index contributed by atoms with van der Waals surface area (Å²) in [5, 5.41) is 6.01. The predicted octanol–water partition coefficient (Wildman–Crippen LogP) is 4.68. The molecule has 140 valence electrons. The minimum absolute atomic E-state index is 0. The van der Waals surface area contributed by atoms with Crippen molar-refractivity contribution in [3.05, 3.63) is 42.0 Å². The minimum atomic E-state index is 0. The van der Waals surface area contributed by atoms with Gasteiger partial charge < -0.3 is 10.1 Å². The molecule has 3 nitrogen and oxygen atoms in total. The smallest absolute Gasteiger partial charge is 0.119 e. The molecule has 1 unspecified atom stereocenters. The molecule has 2 atom stereocenters. The number of hydrogen-bond acceptors (Lipinski definition) is 3. The number of hydrogen-bond donors (Lipinski definition) is 1. The molecule has 1 aliphatic rings. The average molecular weight is 385 g/mol. The lowest BCUT2D eigenvalue weighted by molar-refractivity contribution is 0.128. The maximum Gasteiger partial charge on any atom is 0.119 e. The molecule has 1 saturated heterocycles. The zero-order valence-corrected chi connectivity index (χ0v) is 17.0. The van der Waals surface area contributed by atoms with Crippen LogP contribution in [0.4, 0.5) is 0 Å². The first-order valence-corrected chi connectivity index (χ1v) is 8.75. The van der Waals surface area contributed by atoms with E-state index in [2.05, 4.69) is 60.5 Å². The Kier molecular flexibility index (Phi) is 9.01. The summed E-state index contributed by atoms with van der Waals surface area (Å²) >= 11 is 0. The number of benzene rings is 2. The van der Waals surface area contributed by atoms with Gasteiger partial charge in [0.15, 0.2) is 0 Å². The zero-order valence-electron chi connectivity index (χ0n) is 15.3. The molecule has 0 radical (unpaired) electrons. The van der Waals surface area contributed by atoms with Crippen molar-refractivity contribution in [2.24, 2.45) is 5.92 Å². The van der Waals surface area contributed by atoms with E-state index in [-0.39, 0.29) is 24.8 Å². The van der Waals surface area contributed by atoms with Crippen LogP contribution in [0.25, 0.3) is 10.8 Å². The highest BCUT2D eigenvalue weighted by Crippen LogP contribution is 2.33. The minimum Gasteiger partial charge on any atom is -0.497 e. The molecular formula is C20H30Cl2N2O. The summed E-state index contributed by atoms with van der Waals surface area (Å²) in [5.74, 6) is 1.58. The molecule has 0 amide bonds. The first kappa shape index (κ1) is 22.0. The van der Waals surface area contributed by atoms with E-state index in [0.717, 1.165) is 31.9 Å². The summed E-state index contributed by atoms with van der Waals surface area (Å²) in [6.45, 7) is 9.14. The zero-order chi connectivity index (χ0) is 16.2. The molecule has 0 bridgehead atoms. The molecule has 5 heteroatoms. The van der Waals surface area contributed by atoms with Crippen molar-refractivity contribution in [3.8, 4) is 5.75 Å². The molecule has 1 fully saturated rings. The Morgan fingerprint density at radius 1 is 1.04 bits per heavy atom. The Balaban J connectivity index is 0.00000156. The number of nitrogens with one attached hydrogen (secondary N) is 1. The molecular weight excluding hydrogens is 355 g/mol. The number of halogens is 2. The van der Waals surface area contributed by atoms with Crippen LogP contribution in [0.5, 0.6) is 5.75 Å². The molecule has 1 N–H and O–H groups in total.